The van der Waals surface area contributed by atoms with Crippen molar-refractivity contribution in [2.45, 2.75) is 39.8 Å². The second kappa shape index (κ2) is 12.1. The number of aromatic nitrogens is 2. The van der Waals surface area contributed by atoms with Crippen LogP contribution in [0.25, 0.3) is 0 Å². The number of aryl methyl sites for hydroxylation is 2. The zero-order valence-electron chi connectivity index (χ0n) is 22.5. The predicted molar refractivity (Wildman–Crippen MR) is 138 cm³/mol. The van der Waals surface area contributed by atoms with Crippen LogP contribution in [-0.4, -0.2) is 101 Å². The molecule has 11 heteroatoms. The van der Waals surface area contributed by atoms with Crippen LogP contribution < -0.4 is 10.1 Å². The second-order valence-electron chi connectivity index (χ2n) is 9.75. The summed E-state index contributed by atoms with van der Waals surface area (Å²) in [5.41, 5.74) is 1.99. The number of anilines is 1. The number of likely N-dealkylation sites (N-methyl/N-ethyl adjacent to an activating group) is 1. The van der Waals surface area contributed by atoms with E-state index < -0.39 is 12.1 Å². The smallest absolute Gasteiger partial charge is 0.321 e. The molecule has 0 bridgehead atoms. The third-order valence-corrected chi connectivity index (χ3v) is 6.21. The summed E-state index contributed by atoms with van der Waals surface area (Å²) in [7, 11) is 5.51. The van der Waals surface area contributed by atoms with E-state index in [1.165, 1.54) is 4.90 Å². The SMILES string of the molecule is Cc1noc(C)c1NC(=O)N(C)C[C@@H]1Oc2ncc(C#CCN(C)C)cc2C(=O)N([C@H](C)CO)C[C@H]1C. The Balaban J connectivity index is 1.88. The van der Waals surface area contributed by atoms with Crippen LogP contribution in [0.15, 0.2) is 16.8 Å². The van der Waals surface area contributed by atoms with Gasteiger partial charge in [-0.05, 0) is 40.9 Å². The number of carbonyl (C=O) groups excluding carboxylic acids is 2. The maximum absolute atomic E-state index is 13.5. The molecule has 0 unspecified atom stereocenters. The van der Waals surface area contributed by atoms with E-state index >= 15 is 0 Å². The summed E-state index contributed by atoms with van der Waals surface area (Å²) in [6.45, 7) is 8.16. The van der Waals surface area contributed by atoms with Gasteiger partial charge >= 0.3 is 6.03 Å². The van der Waals surface area contributed by atoms with Gasteiger partial charge in [0.1, 0.15) is 23.0 Å². The number of ether oxygens (including phenoxy) is 1. The van der Waals surface area contributed by atoms with Crippen molar-refractivity contribution in [3.05, 3.63) is 34.8 Å². The number of hydrogen-bond acceptors (Lipinski definition) is 8. The van der Waals surface area contributed by atoms with Gasteiger partial charge in [-0.1, -0.05) is 23.9 Å². The Hall–Kier alpha value is -3.62. The summed E-state index contributed by atoms with van der Waals surface area (Å²) in [4.78, 5) is 35.9. The molecule has 3 rings (SSSR count). The van der Waals surface area contributed by atoms with Crippen molar-refractivity contribution in [1.82, 2.24) is 24.8 Å². The number of rotatable bonds is 6. The van der Waals surface area contributed by atoms with Crippen LogP contribution in [0.1, 0.15) is 41.2 Å². The number of nitrogens with one attached hydrogen (secondary N) is 1. The van der Waals surface area contributed by atoms with E-state index in [-0.39, 0.29) is 42.5 Å². The van der Waals surface area contributed by atoms with E-state index in [1.807, 2.05) is 25.9 Å². The highest BCUT2D eigenvalue weighted by Gasteiger charge is 2.34. The standard InChI is InChI=1S/C26H36N6O5/c1-16-13-32(17(2)15-33)25(34)21-11-20(9-8-10-30(5)6)12-27-24(21)36-22(16)14-31(7)26(35)28-23-18(3)29-37-19(23)4/h11-12,16-17,22,33H,10,13-15H2,1-7H3,(H,28,35)/t16-,17-,22+/m1/s1. The summed E-state index contributed by atoms with van der Waals surface area (Å²) >= 11 is 0. The Bertz CT molecular complexity index is 1160. The largest absolute Gasteiger partial charge is 0.472 e. The highest BCUT2D eigenvalue weighted by atomic mass is 16.5. The number of amides is 3. The molecule has 3 amide bonds. The van der Waals surface area contributed by atoms with Crippen molar-refractivity contribution < 1.29 is 24.0 Å². The van der Waals surface area contributed by atoms with Crippen molar-refractivity contribution in [1.29, 1.82) is 0 Å². The van der Waals surface area contributed by atoms with E-state index in [2.05, 4.69) is 27.3 Å². The summed E-state index contributed by atoms with van der Waals surface area (Å²) in [5, 5.41) is 16.5. The molecule has 0 aliphatic carbocycles. The number of carbonyl (C=O) groups is 2. The van der Waals surface area contributed by atoms with E-state index in [4.69, 9.17) is 9.26 Å². The summed E-state index contributed by atoms with van der Waals surface area (Å²) in [6, 6.07) is 0.917. The van der Waals surface area contributed by atoms with Gasteiger partial charge in [-0.2, -0.15) is 0 Å². The number of urea groups is 1. The molecule has 200 valence electrons. The lowest BCUT2D eigenvalue weighted by molar-refractivity contribution is 0.0356. The Morgan fingerprint density at radius 1 is 1.35 bits per heavy atom. The Kier molecular flexibility index (Phi) is 9.13. The van der Waals surface area contributed by atoms with Crippen molar-refractivity contribution in [3.8, 4) is 17.7 Å². The van der Waals surface area contributed by atoms with Gasteiger partial charge in [0.2, 0.25) is 5.88 Å². The fourth-order valence-corrected chi connectivity index (χ4v) is 3.90. The summed E-state index contributed by atoms with van der Waals surface area (Å²) in [5.74, 6) is 6.32. The van der Waals surface area contributed by atoms with E-state index in [0.29, 0.717) is 35.8 Å². The zero-order chi connectivity index (χ0) is 27.3. The highest BCUT2D eigenvalue weighted by Crippen LogP contribution is 2.27. The van der Waals surface area contributed by atoms with Gasteiger partial charge in [0, 0.05) is 31.3 Å². The van der Waals surface area contributed by atoms with Crippen LogP contribution in [0.2, 0.25) is 0 Å². The Morgan fingerprint density at radius 2 is 2.08 bits per heavy atom. The molecular formula is C26H36N6O5. The minimum Gasteiger partial charge on any atom is -0.472 e. The zero-order valence-corrected chi connectivity index (χ0v) is 22.5. The summed E-state index contributed by atoms with van der Waals surface area (Å²) < 4.78 is 11.4. The Labute approximate surface area is 217 Å². The van der Waals surface area contributed by atoms with Crippen LogP contribution in [-0.2, 0) is 0 Å². The van der Waals surface area contributed by atoms with Gasteiger partial charge in [-0.15, -0.1) is 0 Å². The lowest BCUT2D eigenvalue weighted by Crippen LogP contribution is -2.50. The molecule has 0 saturated carbocycles. The van der Waals surface area contributed by atoms with Gasteiger partial charge in [-0.3, -0.25) is 9.69 Å². The lowest BCUT2D eigenvalue weighted by atomic mass is 10.00. The molecule has 2 aromatic rings. The number of pyridine rings is 1. The van der Waals surface area contributed by atoms with Crippen LogP contribution in [0.3, 0.4) is 0 Å². The van der Waals surface area contributed by atoms with E-state index in [9.17, 15) is 14.7 Å². The van der Waals surface area contributed by atoms with Gasteiger partial charge in [0.15, 0.2) is 5.76 Å². The molecule has 1 aliphatic heterocycles. The van der Waals surface area contributed by atoms with Gasteiger partial charge < -0.3 is 29.5 Å². The minimum absolute atomic E-state index is 0.165. The number of aliphatic hydroxyl groups excluding tert-OH is 1. The van der Waals surface area contributed by atoms with Crippen molar-refractivity contribution >= 4 is 17.6 Å². The molecule has 0 aromatic carbocycles. The molecule has 0 fully saturated rings. The first kappa shape index (κ1) is 28.0. The molecule has 2 N–H and O–H groups in total. The molecule has 3 atom stereocenters. The third kappa shape index (κ3) is 6.78. The molecule has 11 nitrogen and oxygen atoms in total. The average molecular weight is 513 g/mol. The monoisotopic (exact) mass is 512 g/mol. The number of fused-ring (bicyclic) bond motifs is 1. The van der Waals surface area contributed by atoms with Crippen molar-refractivity contribution in [2.24, 2.45) is 5.92 Å². The first-order valence-electron chi connectivity index (χ1n) is 12.2. The second-order valence-corrected chi connectivity index (χ2v) is 9.75. The number of nitrogens with zero attached hydrogens (tertiary/aromatic N) is 5. The minimum atomic E-state index is -0.473. The van der Waals surface area contributed by atoms with Crippen LogP contribution in [0.4, 0.5) is 10.5 Å². The highest BCUT2D eigenvalue weighted by molar-refractivity contribution is 5.97. The quantitative estimate of drug-likeness (QED) is 0.563. The van der Waals surface area contributed by atoms with Gasteiger partial charge in [0.25, 0.3) is 5.91 Å². The van der Waals surface area contributed by atoms with Crippen LogP contribution >= 0.6 is 0 Å². The first-order valence-corrected chi connectivity index (χ1v) is 12.2. The third-order valence-electron chi connectivity index (χ3n) is 6.21. The maximum atomic E-state index is 13.5. The van der Waals surface area contributed by atoms with E-state index in [0.717, 1.165) is 0 Å². The molecule has 0 spiro atoms. The van der Waals surface area contributed by atoms with Crippen molar-refractivity contribution in [3.63, 3.8) is 0 Å². The molecule has 2 aromatic heterocycles. The number of hydrogen-bond donors (Lipinski definition) is 2. The van der Waals surface area contributed by atoms with Crippen LogP contribution in [0, 0.1) is 31.6 Å². The first-order chi connectivity index (χ1) is 17.5. The molecule has 0 radical (unpaired) electrons. The van der Waals surface area contributed by atoms with Crippen LogP contribution in [0.5, 0.6) is 5.88 Å². The lowest BCUT2D eigenvalue weighted by Gasteiger charge is -2.37. The fourth-order valence-electron chi connectivity index (χ4n) is 3.90. The molecule has 3 heterocycles. The maximum Gasteiger partial charge on any atom is 0.321 e. The fraction of sp³-hybridized carbons (Fsp3) is 0.538. The molecular weight excluding hydrogens is 476 g/mol. The van der Waals surface area contributed by atoms with Crippen molar-refractivity contribution in [2.75, 3.05) is 52.7 Å². The number of aliphatic hydroxyl groups is 1. The molecule has 37 heavy (non-hydrogen) atoms. The molecule has 1 aliphatic rings. The van der Waals surface area contributed by atoms with Gasteiger partial charge in [-0.25, -0.2) is 9.78 Å². The topological polar surface area (TPSA) is 124 Å². The molecule has 0 saturated heterocycles. The predicted octanol–water partition coefficient (Wildman–Crippen LogP) is 1.98. The van der Waals surface area contributed by atoms with Gasteiger partial charge in [0.05, 0.1) is 25.7 Å². The average Bonchev–Trinajstić information content (AvgIpc) is 3.17. The summed E-state index contributed by atoms with van der Waals surface area (Å²) in [6.07, 6.45) is 1.10. The Morgan fingerprint density at radius 3 is 2.70 bits per heavy atom. The normalized spacial score (nSPS) is 18.2. The van der Waals surface area contributed by atoms with E-state index in [1.54, 1.807) is 45.0 Å².